The highest BCUT2D eigenvalue weighted by atomic mass is 35.5. The van der Waals surface area contributed by atoms with Crippen LogP contribution in [0.4, 0.5) is 17.6 Å². The van der Waals surface area contributed by atoms with Gasteiger partial charge in [0.15, 0.2) is 0 Å². The fourth-order valence-corrected chi connectivity index (χ4v) is 6.35. The van der Waals surface area contributed by atoms with E-state index in [0.717, 1.165) is 17.7 Å². The van der Waals surface area contributed by atoms with Crippen LogP contribution in [-0.2, 0) is 27.1 Å². The Morgan fingerprint density at radius 1 is 1.02 bits per heavy atom. The first-order valence-electron chi connectivity index (χ1n) is 13.8. The Morgan fingerprint density at radius 3 is 2.31 bits per heavy atom. The van der Waals surface area contributed by atoms with Crippen molar-refractivity contribution in [2.45, 2.75) is 44.8 Å². The Kier molecular flexibility index (Phi) is 9.82. The largest absolute Gasteiger partial charge is 0.416 e. The molecule has 2 saturated heterocycles. The van der Waals surface area contributed by atoms with Crippen LogP contribution >= 0.6 is 11.6 Å². The normalized spacial score (nSPS) is 20.0. The van der Waals surface area contributed by atoms with Gasteiger partial charge in [-0.3, -0.25) is 14.4 Å². The van der Waals surface area contributed by atoms with Crippen molar-refractivity contribution < 1.29 is 37.1 Å². The van der Waals surface area contributed by atoms with Crippen LogP contribution in [0.2, 0.25) is 5.02 Å². The van der Waals surface area contributed by atoms with Gasteiger partial charge in [-0.1, -0.05) is 17.7 Å². The van der Waals surface area contributed by atoms with Crippen LogP contribution in [0.3, 0.4) is 0 Å². The van der Waals surface area contributed by atoms with Crippen molar-refractivity contribution in [1.82, 2.24) is 14.7 Å². The van der Waals surface area contributed by atoms with Crippen LogP contribution in [-0.4, -0.2) is 77.4 Å². The van der Waals surface area contributed by atoms with E-state index in [-0.39, 0.29) is 47.3 Å². The van der Waals surface area contributed by atoms with Crippen LogP contribution in [0.15, 0.2) is 36.4 Å². The van der Waals surface area contributed by atoms with Crippen LogP contribution < -0.4 is 0 Å². The predicted molar refractivity (Wildman–Crippen MR) is 148 cm³/mol. The molecule has 0 aliphatic carbocycles. The molecule has 1 N–H and O–H groups in total. The first-order valence-corrected chi connectivity index (χ1v) is 14.2. The van der Waals surface area contributed by atoms with Crippen molar-refractivity contribution in [3.63, 3.8) is 0 Å². The lowest BCUT2D eigenvalue weighted by molar-refractivity contribution is -0.145. The van der Waals surface area contributed by atoms with Gasteiger partial charge in [0.2, 0.25) is 17.7 Å². The number of halogens is 5. The fourth-order valence-electron chi connectivity index (χ4n) is 6.09. The molecule has 12 heteroatoms. The van der Waals surface area contributed by atoms with E-state index in [4.69, 9.17) is 16.7 Å². The van der Waals surface area contributed by atoms with Crippen LogP contribution in [0.5, 0.6) is 0 Å². The second-order valence-corrected chi connectivity index (χ2v) is 11.6. The number of hydrogen-bond donors (Lipinski definition) is 1. The molecule has 0 aromatic heterocycles. The highest BCUT2D eigenvalue weighted by molar-refractivity contribution is 6.30. The first kappa shape index (κ1) is 31.7. The number of rotatable bonds is 6. The van der Waals surface area contributed by atoms with Crippen LogP contribution in [0.1, 0.15) is 47.4 Å². The molecule has 0 unspecified atom stereocenters. The number of nitrogens with zero attached hydrogens (tertiary/aromatic N) is 3. The lowest BCUT2D eigenvalue weighted by Gasteiger charge is -2.42. The lowest BCUT2D eigenvalue weighted by Crippen LogP contribution is -2.51. The molecule has 0 bridgehead atoms. The number of carbonyl (C=O) groups excluding carboxylic acids is 3. The molecular formula is C30H34ClF4N3O4. The molecule has 2 fully saturated rings. The average Bonchev–Trinajstić information content (AvgIpc) is 2.95. The molecule has 2 atom stereocenters. The van der Waals surface area contributed by atoms with Gasteiger partial charge in [-0.2, -0.15) is 13.2 Å². The zero-order chi connectivity index (χ0) is 30.8. The summed E-state index contributed by atoms with van der Waals surface area (Å²) in [6.45, 7) is 2.34. The molecule has 2 aliphatic heterocycles. The number of aliphatic hydroxyl groups excluding tert-OH is 1. The maximum Gasteiger partial charge on any atom is 0.416 e. The molecule has 2 aromatic carbocycles. The van der Waals surface area contributed by atoms with Crippen molar-refractivity contribution in [1.29, 1.82) is 0 Å². The van der Waals surface area contributed by atoms with Gasteiger partial charge in [-0.05, 0) is 73.2 Å². The van der Waals surface area contributed by atoms with Gasteiger partial charge < -0.3 is 19.8 Å². The summed E-state index contributed by atoms with van der Waals surface area (Å²) in [6, 6.07) is 7.50. The fraction of sp³-hybridized carbons (Fsp3) is 0.500. The summed E-state index contributed by atoms with van der Waals surface area (Å²) in [5.74, 6) is -2.51. The summed E-state index contributed by atoms with van der Waals surface area (Å²) in [6.07, 6.45) is -3.34. The van der Waals surface area contributed by atoms with E-state index in [0.29, 0.717) is 44.5 Å². The molecule has 4 rings (SSSR count). The molecule has 42 heavy (non-hydrogen) atoms. The molecule has 228 valence electrons. The van der Waals surface area contributed by atoms with Crippen molar-refractivity contribution in [2.75, 3.05) is 39.8 Å². The quantitative estimate of drug-likeness (QED) is 0.483. The predicted octanol–water partition coefficient (Wildman–Crippen LogP) is 4.63. The van der Waals surface area contributed by atoms with Crippen molar-refractivity contribution in [3.05, 3.63) is 69.5 Å². The maximum absolute atomic E-state index is 14.0. The second kappa shape index (κ2) is 13.0. The summed E-state index contributed by atoms with van der Waals surface area (Å²) in [5, 5.41) is 9.03. The van der Waals surface area contributed by atoms with Gasteiger partial charge in [0.25, 0.3) is 0 Å². The average molecular weight is 612 g/mol. The Hall–Kier alpha value is -3.18. The maximum atomic E-state index is 14.0. The zero-order valence-corrected chi connectivity index (χ0v) is 24.2. The number of benzene rings is 2. The summed E-state index contributed by atoms with van der Waals surface area (Å²) in [7, 11) is 1.52. The Bertz CT molecular complexity index is 1330. The van der Waals surface area contributed by atoms with E-state index in [1.165, 1.54) is 35.0 Å². The molecule has 0 radical (unpaired) electrons. The Balaban J connectivity index is 1.53. The van der Waals surface area contributed by atoms with E-state index in [1.54, 1.807) is 17.9 Å². The smallest absolute Gasteiger partial charge is 0.387 e. The highest BCUT2D eigenvalue weighted by Crippen LogP contribution is 2.37. The molecule has 0 saturated carbocycles. The molecule has 2 heterocycles. The van der Waals surface area contributed by atoms with Crippen molar-refractivity contribution >= 4 is 29.3 Å². The zero-order valence-electron chi connectivity index (χ0n) is 23.5. The minimum absolute atomic E-state index is 0.0753. The van der Waals surface area contributed by atoms with E-state index in [2.05, 4.69) is 0 Å². The van der Waals surface area contributed by atoms with Gasteiger partial charge >= 0.3 is 6.18 Å². The Labute approximate surface area is 247 Å². The SMILES string of the molecule is Cc1cc(F)ccc1[C@@H]1CN(C(=O)C2CCN(C(=O)CO)CC2)CC[C@H]1C(=O)N(C)Cc1cc(Cl)cc(C(F)(F)F)c1. The topological polar surface area (TPSA) is 81.2 Å². The first-order chi connectivity index (χ1) is 19.8. The van der Waals surface area contributed by atoms with Gasteiger partial charge in [0, 0.05) is 62.5 Å². The van der Waals surface area contributed by atoms with Gasteiger partial charge in [0.1, 0.15) is 12.4 Å². The molecular weight excluding hydrogens is 578 g/mol. The standard InChI is InChI=1S/C30H34ClF4N3O4/c1-18-11-23(32)3-4-24(18)26-16-38(28(41)20-5-8-37(9-6-20)27(40)17-39)10-7-25(26)29(42)36(2)15-19-12-21(30(33,34)35)14-22(31)13-19/h3-4,11-14,20,25-26,39H,5-10,15-17H2,1-2H3/t25-,26+/m1/s1. The monoisotopic (exact) mass is 611 g/mol. The number of likely N-dealkylation sites (tertiary alicyclic amines) is 2. The third kappa shape index (κ3) is 7.23. The van der Waals surface area contributed by atoms with Crippen molar-refractivity contribution in [2.24, 2.45) is 11.8 Å². The number of alkyl halides is 3. The molecule has 0 spiro atoms. The number of carbonyl (C=O) groups is 3. The third-order valence-electron chi connectivity index (χ3n) is 8.29. The summed E-state index contributed by atoms with van der Waals surface area (Å²) < 4.78 is 53.9. The van der Waals surface area contributed by atoms with Crippen LogP contribution in [0, 0.1) is 24.6 Å². The number of aliphatic hydroxyl groups is 1. The van der Waals surface area contributed by atoms with E-state index >= 15 is 0 Å². The lowest BCUT2D eigenvalue weighted by atomic mass is 9.77. The number of amides is 3. The minimum Gasteiger partial charge on any atom is -0.387 e. The molecule has 2 aromatic rings. The number of aryl methyl sites for hydroxylation is 1. The Morgan fingerprint density at radius 2 is 1.69 bits per heavy atom. The number of hydrogen-bond acceptors (Lipinski definition) is 4. The van der Waals surface area contributed by atoms with E-state index in [1.807, 2.05) is 0 Å². The molecule has 2 aliphatic rings. The highest BCUT2D eigenvalue weighted by Gasteiger charge is 2.40. The van der Waals surface area contributed by atoms with Gasteiger partial charge in [0.05, 0.1) is 5.56 Å². The van der Waals surface area contributed by atoms with Crippen LogP contribution in [0.25, 0.3) is 0 Å². The minimum atomic E-state index is -4.59. The summed E-state index contributed by atoms with van der Waals surface area (Å²) >= 11 is 5.94. The van der Waals surface area contributed by atoms with Crippen molar-refractivity contribution in [3.8, 4) is 0 Å². The summed E-state index contributed by atoms with van der Waals surface area (Å²) in [4.78, 5) is 43.7. The molecule has 3 amide bonds. The summed E-state index contributed by atoms with van der Waals surface area (Å²) in [5.41, 5.74) is 0.698. The van der Waals surface area contributed by atoms with E-state index in [9.17, 15) is 31.9 Å². The van der Waals surface area contributed by atoms with Gasteiger partial charge in [-0.15, -0.1) is 0 Å². The van der Waals surface area contributed by atoms with E-state index < -0.39 is 36.0 Å². The van der Waals surface area contributed by atoms with Gasteiger partial charge in [-0.25, -0.2) is 4.39 Å². The second-order valence-electron chi connectivity index (χ2n) is 11.1. The molecule has 7 nitrogen and oxygen atoms in total. The number of piperidine rings is 2. The third-order valence-corrected chi connectivity index (χ3v) is 8.50.